The number of methoxy groups -OCH3 is 1. The lowest BCUT2D eigenvalue weighted by Crippen LogP contribution is -2.14. The molecule has 2 aromatic carbocycles. The Morgan fingerprint density at radius 1 is 1.19 bits per heavy atom. The van der Waals surface area contributed by atoms with Crippen LogP contribution in [0.15, 0.2) is 60.9 Å². The van der Waals surface area contributed by atoms with Gasteiger partial charge in [0.25, 0.3) is 5.91 Å². The summed E-state index contributed by atoms with van der Waals surface area (Å²) in [5.74, 6) is 0.428. The highest BCUT2D eigenvalue weighted by molar-refractivity contribution is 6.33. The minimum atomic E-state index is -0.359. The van der Waals surface area contributed by atoms with E-state index in [1.54, 1.807) is 12.1 Å². The van der Waals surface area contributed by atoms with Crippen molar-refractivity contribution in [3.63, 3.8) is 0 Å². The summed E-state index contributed by atoms with van der Waals surface area (Å²) in [6, 6.07) is 14.7. The standard InChI is InChI=1S/C19H15ClN4O2/c1-26-17-11-16(24-8-4-5-9-24)13(20)10-12(17)18(25)23-19-21-14-6-2-3-7-15(14)22-19/h2-11H,1H3,(H2,21,22,23,25). The molecule has 0 spiro atoms. The maximum absolute atomic E-state index is 12.7. The average Bonchev–Trinajstić information content (AvgIpc) is 3.30. The van der Waals surface area contributed by atoms with E-state index in [2.05, 4.69) is 15.3 Å². The van der Waals surface area contributed by atoms with Crippen LogP contribution in [0.2, 0.25) is 5.02 Å². The van der Waals surface area contributed by atoms with Crippen LogP contribution in [0, 0.1) is 0 Å². The quantitative estimate of drug-likeness (QED) is 0.566. The monoisotopic (exact) mass is 366 g/mol. The fourth-order valence-electron chi connectivity index (χ4n) is 2.77. The van der Waals surface area contributed by atoms with Crippen molar-refractivity contribution in [1.29, 1.82) is 0 Å². The van der Waals surface area contributed by atoms with Crippen LogP contribution < -0.4 is 10.1 Å². The number of aromatic nitrogens is 3. The summed E-state index contributed by atoms with van der Waals surface area (Å²) in [5, 5.41) is 3.19. The molecule has 0 aliphatic heterocycles. The number of nitrogens with one attached hydrogen (secondary N) is 2. The van der Waals surface area contributed by atoms with Gasteiger partial charge in [-0.25, -0.2) is 4.98 Å². The number of hydrogen-bond acceptors (Lipinski definition) is 3. The maximum Gasteiger partial charge on any atom is 0.261 e. The Bertz CT molecular complexity index is 1050. The fraction of sp³-hybridized carbons (Fsp3) is 0.0526. The third-order valence-electron chi connectivity index (χ3n) is 4.02. The lowest BCUT2D eigenvalue weighted by atomic mass is 10.1. The second-order valence-corrected chi connectivity index (χ2v) is 6.06. The second kappa shape index (κ2) is 6.57. The van der Waals surface area contributed by atoms with Crippen LogP contribution in [0.4, 0.5) is 5.95 Å². The van der Waals surface area contributed by atoms with Gasteiger partial charge < -0.3 is 14.3 Å². The highest BCUT2D eigenvalue weighted by atomic mass is 35.5. The number of ether oxygens (including phenoxy) is 1. The molecule has 1 amide bonds. The first-order chi connectivity index (χ1) is 12.7. The van der Waals surface area contributed by atoms with E-state index in [-0.39, 0.29) is 5.91 Å². The molecule has 0 aliphatic carbocycles. The molecule has 6 nitrogen and oxygen atoms in total. The molecule has 0 radical (unpaired) electrons. The Labute approximate surface area is 154 Å². The van der Waals surface area contributed by atoms with E-state index < -0.39 is 0 Å². The largest absolute Gasteiger partial charge is 0.496 e. The maximum atomic E-state index is 12.7. The summed E-state index contributed by atoms with van der Waals surface area (Å²) in [4.78, 5) is 20.1. The predicted molar refractivity (Wildman–Crippen MR) is 101 cm³/mol. The molecule has 0 aliphatic rings. The SMILES string of the molecule is COc1cc(-n2cccc2)c(Cl)cc1C(=O)Nc1nc2ccccc2[nH]1. The average molecular weight is 367 g/mol. The summed E-state index contributed by atoms with van der Waals surface area (Å²) in [6.45, 7) is 0. The molecule has 2 N–H and O–H groups in total. The zero-order chi connectivity index (χ0) is 18.1. The van der Waals surface area contributed by atoms with E-state index in [9.17, 15) is 4.79 Å². The minimum Gasteiger partial charge on any atom is -0.496 e. The van der Waals surface area contributed by atoms with E-state index in [4.69, 9.17) is 16.3 Å². The van der Waals surface area contributed by atoms with E-state index in [0.717, 1.165) is 16.7 Å². The molecule has 0 bridgehead atoms. The van der Waals surface area contributed by atoms with Gasteiger partial charge in [0.05, 0.1) is 34.4 Å². The van der Waals surface area contributed by atoms with Gasteiger partial charge in [-0.15, -0.1) is 0 Å². The smallest absolute Gasteiger partial charge is 0.261 e. The molecule has 26 heavy (non-hydrogen) atoms. The normalized spacial score (nSPS) is 10.8. The van der Waals surface area contributed by atoms with Crippen LogP contribution in [0.25, 0.3) is 16.7 Å². The van der Waals surface area contributed by atoms with Crippen molar-refractivity contribution in [1.82, 2.24) is 14.5 Å². The molecule has 0 saturated heterocycles. The number of rotatable bonds is 4. The van der Waals surface area contributed by atoms with Crippen LogP contribution in [0.3, 0.4) is 0 Å². The summed E-state index contributed by atoms with van der Waals surface area (Å²) < 4.78 is 7.25. The number of amides is 1. The van der Waals surface area contributed by atoms with E-state index in [1.807, 2.05) is 53.4 Å². The van der Waals surface area contributed by atoms with Crippen LogP contribution in [-0.4, -0.2) is 27.6 Å². The van der Waals surface area contributed by atoms with E-state index >= 15 is 0 Å². The van der Waals surface area contributed by atoms with Crippen molar-refractivity contribution in [2.45, 2.75) is 0 Å². The lowest BCUT2D eigenvalue weighted by Gasteiger charge is -2.13. The van der Waals surface area contributed by atoms with Gasteiger partial charge >= 0.3 is 0 Å². The number of imidazole rings is 1. The second-order valence-electron chi connectivity index (χ2n) is 5.65. The molecule has 4 aromatic rings. The Morgan fingerprint density at radius 3 is 2.69 bits per heavy atom. The lowest BCUT2D eigenvalue weighted by molar-refractivity contribution is 0.102. The molecule has 2 heterocycles. The first-order valence-electron chi connectivity index (χ1n) is 7.92. The van der Waals surface area contributed by atoms with Crippen molar-refractivity contribution < 1.29 is 9.53 Å². The van der Waals surface area contributed by atoms with Crippen molar-refractivity contribution in [2.75, 3.05) is 12.4 Å². The molecular formula is C19H15ClN4O2. The number of hydrogen-bond donors (Lipinski definition) is 2. The van der Waals surface area contributed by atoms with Gasteiger partial charge in [0, 0.05) is 18.5 Å². The minimum absolute atomic E-state index is 0.328. The van der Waals surface area contributed by atoms with Gasteiger partial charge in [-0.3, -0.25) is 10.1 Å². The summed E-state index contributed by atoms with van der Waals surface area (Å²) >= 11 is 6.38. The molecule has 2 aromatic heterocycles. The van der Waals surface area contributed by atoms with Crippen LogP contribution in [0.1, 0.15) is 10.4 Å². The first-order valence-corrected chi connectivity index (χ1v) is 8.30. The van der Waals surface area contributed by atoms with Crippen molar-refractivity contribution in [3.05, 3.63) is 71.5 Å². The Kier molecular flexibility index (Phi) is 4.10. The highest BCUT2D eigenvalue weighted by Crippen LogP contribution is 2.30. The zero-order valence-electron chi connectivity index (χ0n) is 13.9. The third kappa shape index (κ3) is 2.91. The van der Waals surface area contributed by atoms with Crippen molar-refractivity contribution in [3.8, 4) is 11.4 Å². The van der Waals surface area contributed by atoms with E-state index in [1.165, 1.54) is 7.11 Å². The molecular weight excluding hydrogens is 352 g/mol. The summed E-state index contributed by atoms with van der Waals surface area (Å²) in [6.07, 6.45) is 3.74. The Hall–Kier alpha value is -3.25. The number of aromatic amines is 1. The first kappa shape index (κ1) is 16.2. The number of halogens is 1. The van der Waals surface area contributed by atoms with Crippen LogP contribution in [0.5, 0.6) is 5.75 Å². The highest BCUT2D eigenvalue weighted by Gasteiger charge is 2.18. The number of H-pyrrole nitrogens is 1. The molecule has 4 rings (SSSR count). The number of para-hydroxylation sites is 2. The number of carbonyl (C=O) groups excluding carboxylic acids is 1. The summed E-state index contributed by atoms with van der Waals surface area (Å²) in [5.41, 5.74) is 2.68. The van der Waals surface area contributed by atoms with Crippen molar-refractivity contribution in [2.24, 2.45) is 0 Å². The molecule has 7 heteroatoms. The number of benzene rings is 2. The molecule has 0 atom stereocenters. The molecule has 0 fully saturated rings. The van der Waals surface area contributed by atoms with Crippen molar-refractivity contribution >= 4 is 34.5 Å². The van der Waals surface area contributed by atoms with Gasteiger partial charge in [0.15, 0.2) is 0 Å². The van der Waals surface area contributed by atoms with Gasteiger partial charge in [-0.1, -0.05) is 23.7 Å². The van der Waals surface area contributed by atoms with Gasteiger partial charge in [0.2, 0.25) is 5.95 Å². The number of nitrogens with zero attached hydrogens (tertiary/aromatic N) is 2. The fourth-order valence-corrected chi connectivity index (χ4v) is 3.03. The van der Waals surface area contributed by atoms with Crippen LogP contribution in [-0.2, 0) is 0 Å². The number of fused-ring (bicyclic) bond motifs is 1. The Morgan fingerprint density at radius 2 is 1.96 bits per heavy atom. The molecule has 130 valence electrons. The zero-order valence-corrected chi connectivity index (χ0v) is 14.6. The molecule has 0 unspecified atom stereocenters. The van der Waals surface area contributed by atoms with Gasteiger partial charge in [0.1, 0.15) is 5.75 Å². The molecule has 0 saturated carbocycles. The van der Waals surface area contributed by atoms with E-state index in [0.29, 0.717) is 22.3 Å². The topological polar surface area (TPSA) is 71.9 Å². The predicted octanol–water partition coefficient (Wildman–Crippen LogP) is 4.27. The van der Waals surface area contributed by atoms with Crippen LogP contribution >= 0.6 is 11.6 Å². The number of anilines is 1. The van der Waals surface area contributed by atoms with Gasteiger partial charge in [-0.05, 0) is 30.3 Å². The van der Waals surface area contributed by atoms with Gasteiger partial charge in [-0.2, -0.15) is 0 Å². The Balaban J connectivity index is 1.67. The summed E-state index contributed by atoms with van der Waals surface area (Å²) in [7, 11) is 1.51. The third-order valence-corrected chi connectivity index (χ3v) is 4.32. The number of carbonyl (C=O) groups is 1.